The molecule has 1 nitrogen and oxygen atoms in total. The zero-order chi connectivity index (χ0) is 14.4. The van der Waals surface area contributed by atoms with Crippen molar-refractivity contribution in [2.75, 3.05) is 0 Å². The van der Waals surface area contributed by atoms with Gasteiger partial charge >= 0.3 is 0 Å². The number of hydrogen-bond acceptors (Lipinski definition) is 1. The predicted octanol–water partition coefficient (Wildman–Crippen LogP) is 4.85. The lowest BCUT2D eigenvalue weighted by molar-refractivity contribution is 0.129. The van der Waals surface area contributed by atoms with Gasteiger partial charge in [0.15, 0.2) is 0 Å². The van der Waals surface area contributed by atoms with E-state index in [0.717, 1.165) is 23.8 Å². The second-order valence-electron chi connectivity index (χ2n) is 8.58. The molecule has 1 saturated carbocycles. The lowest BCUT2D eigenvalue weighted by Gasteiger charge is -2.54. The molecule has 0 aromatic carbocycles. The topological polar surface area (TPSA) is 20.2 Å². The molecule has 0 heterocycles. The van der Waals surface area contributed by atoms with Crippen molar-refractivity contribution in [3.8, 4) is 0 Å². The lowest BCUT2D eigenvalue weighted by Crippen LogP contribution is -2.47. The van der Waals surface area contributed by atoms with Gasteiger partial charge in [0.1, 0.15) is 0 Å². The van der Waals surface area contributed by atoms with Crippen LogP contribution in [0.2, 0.25) is 25.2 Å². The van der Waals surface area contributed by atoms with Gasteiger partial charge < -0.3 is 5.11 Å². The molecule has 0 aromatic heterocycles. The fourth-order valence-electron chi connectivity index (χ4n) is 4.56. The molecule has 0 amide bonds. The molecule has 1 fully saturated rings. The lowest BCUT2D eigenvalue weighted by atomic mass is 9.61. The van der Waals surface area contributed by atoms with E-state index >= 15 is 0 Å². The van der Waals surface area contributed by atoms with E-state index in [4.69, 9.17) is 0 Å². The van der Waals surface area contributed by atoms with Crippen molar-refractivity contribution >= 4 is 8.07 Å². The number of hydrogen-bond donors (Lipinski definition) is 1. The van der Waals surface area contributed by atoms with Gasteiger partial charge in [-0.25, -0.2) is 0 Å². The summed E-state index contributed by atoms with van der Waals surface area (Å²) in [5.41, 5.74) is 2.85. The van der Waals surface area contributed by atoms with E-state index in [9.17, 15) is 5.11 Å². The van der Waals surface area contributed by atoms with Crippen molar-refractivity contribution in [1.29, 1.82) is 0 Å². The highest BCUT2D eigenvalue weighted by atomic mass is 28.3. The van der Waals surface area contributed by atoms with Crippen molar-refractivity contribution in [3.63, 3.8) is 0 Å². The van der Waals surface area contributed by atoms with E-state index in [2.05, 4.69) is 46.5 Å². The van der Waals surface area contributed by atoms with Gasteiger partial charge in [-0.15, -0.1) is 0 Å². The van der Waals surface area contributed by atoms with E-state index in [1.165, 1.54) is 19.3 Å². The summed E-state index contributed by atoms with van der Waals surface area (Å²) in [5, 5.41) is 10.0. The third kappa shape index (κ3) is 2.85. The summed E-state index contributed by atoms with van der Waals surface area (Å²) in [6, 6.07) is 0. The quantitative estimate of drug-likeness (QED) is 0.566. The molecule has 0 bridgehead atoms. The fourth-order valence-corrected chi connectivity index (χ4v) is 7.81. The monoisotopic (exact) mass is 280 g/mol. The first kappa shape index (κ1) is 15.3. The van der Waals surface area contributed by atoms with E-state index < -0.39 is 8.07 Å². The van der Waals surface area contributed by atoms with Gasteiger partial charge in [0.05, 0.1) is 6.10 Å². The van der Waals surface area contributed by atoms with Crippen molar-refractivity contribution in [2.45, 2.75) is 77.7 Å². The van der Waals surface area contributed by atoms with Crippen molar-refractivity contribution in [3.05, 3.63) is 11.6 Å². The number of aliphatic hydroxyl groups is 1. The summed E-state index contributed by atoms with van der Waals surface area (Å²) in [5.74, 6) is 1.59. The van der Waals surface area contributed by atoms with Gasteiger partial charge in [-0.2, -0.15) is 0 Å². The van der Waals surface area contributed by atoms with Crippen LogP contribution in [0, 0.1) is 17.3 Å². The van der Waals surface area contributed by atoms with Gasteiger partial charge in [-0.05, 0) is 48.5 Å². The van der Waals surface area contributed by atoms with E-state index in [0.29, 0.717) is 5.41 Å². The summed E-state index contributed by atoms with van der Waals surface area (Å²) in [6.07, 6.45) is 6.83. The minimum absolute atomic E-state index is 0.184. The average Bonchev–Trinajstić information content (AvgIpc) is 2.27. The molecule has 110 valence electrons. The molecule has 0 aromatic rings. The average molecular weight is 281 g/mol. The number of rotatable bonds is 2. The Bertz CT molecular complexity index is 366. The first-order valence-electron chi connectivity index (χ1n) is 8.04. The van der Waals surface area contributed by atoms with Crippen molar-refractivity contribution in [1.82, 2.24) is 0 Å². The molecule has 0 radical (unpaired) electrons. The Hall–Kier alpha value is -0.0831. The molecule has 0 unspecified atom stereocenters. The van der Waals surface area contributed by atoms with Crippen LogP contribution in [0.3, 0.4) is 0 Å². The van der Waals surface area contributed by atoms with Crippen LogP contribution >= 0.6 is 0 Å². The van der Waals surface area contributed by atoms with Crippen LogP contribution < -0.4 is 0 Å². The highest BCUT2D eigenvalue weighted by Gasteiger charge is 2.50. The summed E-state index contributed by atoms with van der Waals surface area (Å²) in [7, 11) is -1.17. The Kier molecular flexibility index (Phi) is 4.06. The maximum atomic E-state index is 10.0. The fraction of sp³-hybridized carbons (Fsp3) is 0.882. The molecule has 1 N–H and O–H groups in total. The van der Waals surface area contributed by atoms with Gasteiger partial charge in [0.25, 0.3) is 0 Å². The first-order valence-corrected chi connectivity index (χ1v) is 11.6. The Morgan fingerprint density at radius 2 is 1.95 bits per heavy atom. The van der Waals surface area contributed by atoms with Crippen LogP contribution in [0.15, 0.2) is 11.6 Å². The third-order valence-electron chi connectivity index (χ3n) is 5.86. The van der Waals surface area contributed by atoms with E-state index in [-0.39, 0.29) is 6.10 Å². The van der Waals surface area contributed by atoms with Crippen LogP contribution in [-0.2, 0) is 0 Å². The van der Waals surface area contributed by atoms with E-state index in [1.54, 1.807) is 5.57 Å². The Balaban J connectivity index is 2.39. The minimum Gasteiger partial charge on any atom is -0.389 e. The summed E-state index contributed by atoms with van der Waals surface area (Å²) >= 11 is 0. The standard InChI is InChI=1S/C17H32OSi/c1-12(2)13-9-14-11-15(18)7-8-17(14,3)16(10-13)19(4,5)6/h11-13,15-16,18H,7-10H2,1-6H3/t13-,15+,16+,17+/m0/s1. The highest BCUT2D eigenvalue weighted by Crippen LogP contribution is 2.59. The zero-order valence-electron chi connectivity index (χ0n) is 13.7. The second kappa shape index (κ2) is 5.03. The smallest absolute Gasteiger partial charge is 0.0724 e. The van der Waals surface area contributed by atoms with Crippen LogP contribution in [-0.4, -0.2) is 19.3 Å². The van der Waals surface area contributed by atoms with Crippen LogP contribution in [0.5, 0.6) is 0 Å². The molecule has 2 rings (SSSR count). The summed E-state index contributed by atoms with van der Waals surface area (Å²) in [4.78, 5) is 0. The molecule has 2 heteroatoms. The van der Waals surface area contributed by atoms with Gasteiger partial charge in [-0.3, -0.25) is 0 Å². The zero-order valence-corrected chi connectivity index (χ0v) is 14.7. The Labute approximate surface area is 120 Å². The molecule has 0 spiro atoms. The third-order valence-corrected chi connectivity index (χ3v) is 8.83. The minimum atomic E-state index is -1.17. The first-order chi connectivity index (χ1) is 8.64. The van der Waals surface area contributed by atoms with Crippen LogP contribution in [0.4, 0.5) is 0 Å². The van der Waals surface area contributed by atoms with Crippen molar-refractivity contribution < 1.29 is 5.11 Å². The Morgan fingerprint density at radius 3 is 2.47 bits per heavy atom. The molecule has 0 aliphatic heterocycles. The molecule has 4 atom stereocenters. The maximum Gasteiger partial charge on any atom is 0.0724 e. The van der Waals surface area contributed by atoms with E-state index in [1.807, 2.05) is 0 Å². The van der Waals surface area contributed by atoms with Crippen molar-refractivity contribution in [2.24, 2.45) is 17.3 Å². The van der Waals surface area contributed by atoms with Gasteiger partial charge in [0, 0.05) is 8.07 Å². The largest absolute Gasteiger partial charge is 0.389 e. The van der Waals surface area contributed by atoms with Gasteiger partial charge in [-0.1, -0.05) is 52.1 Å². The number of fused-ring (bicyclic) bond motifs is 1. The SMILES string of the molecule is CC(C)[C@H]1CC2=C[C@H](O)CC[C@@]2(C)[C@H]([Si](C)(C)C)C1. The molecular formula is C17H32OSi. The molecule has 2 aliphatic carbocycles. The number of aliphatic hydroxyl groups excluding tert-OH is 1. The summed E-state index contributed by atoms with van der Waals surface area (Å²) in [6.45, 7) is 14.8. The second-order valence-corrected chi connectivity index (χ2v) is 14.0. The predicted molar refractivity (Wildman–Crippen MR) is 86.1 cm³/mol. The molecule has 2 aliphatic rings. The number of allylic oxidation sites excluding steroid dienone is 1. The maximum absolute atomic E-state index is 10.0. The normalized spacial score (nSPS) is 40.0. The molecule has 19 heavy (non-hydrogen) atoms. The van der Waals surface area contributed by atoms with Crippen LogP contribution in [0.1, 0.15) is 46.5 Å². The van der Waals surface area contributed by atoms with Gasteiger partial charge in [0.2, 0.25) is 0 Å². The summed E-state index contributed by atoms with van der Waals surface area (Å²) < 4.78 is 0. The highest BCUT2D eigenvalue weighted by molar-refractivity contribution is 6.77. The Morgan fingerprint density at radius 1 is 1.32 bits per heavy atom. The van der Waals surface area contributed by atoms with Crippen LogP contribution in [0.25, 0.3) is 0 Å². The molecular weight excluding hydrogens is 248 g/mol. The molecule has 0 saturated heterocycles.